The van der Waals surface area contributed by atoms with Gasteiger partial charge in [0.1, 0.15) is 0 Å². The number of benzene rings is 1. The highest BCUT2D eigenvalue weighted by molar-refractivity contribution is 14.1. The molecule has 0 atom stereocenters. The molecule has 1 heterocycles. The summed E-state index contributed by atoms with van der Waals surface area (Å²) >= 11 is 3.73. The summed E-state index contributed by atoms with van der Waals surface area (Å²) in [6, 6.07) is 11.2. The zero-order valence-electron chi connectivity index (χ0n) is 9.31. The largest absolute Gasteiger partial charge is 0.322 e. The van der Waals surface area contributed by atoms with Crippen LogP contribution in [-0.2, 0) is 6.42 Å². The molecule has 0 aliphatic rings. The number of carbonyl (C=O) groups excluding carboxylic acids is 1. The lowest BCUT2D eigenvalue weighted by Crippen LogP contribution is -2.10. The second kappa shape index (κ2) is 5.98. The molecule has 90 valence electrons. The molecule has 0 unspecified atom stereocenters. The van der Waals surface area contributed by atoms with Gasteiger partial charge < -0.3 is 5.32 Å². The van der Waals surface area contributed by atoms with Gasteiger partial charge >= 0.3 is 0 Å². The number of halogens is 1. The Morgan fingerprint density at radius 2 is 2.11 bits per heavy atom. The van der Waals surface area contributed by atoms with Crippen LogP contribution in [0.1, 0.15) is 15.9 Å². The molecule has 1 N–H and O–H groups in total. The van der Waals surface area contributed by atoms with E-state index in [2.05, 4.69) is 34.0 Å². The first kappa shape index (κ1) is 13.1. The van der Waals surface area contributed by atoms with Crippen LogP contribution >= 0.6 is 33.9 Å². The maximum atomic E-state index is 11.9. The third-order valence-electron chi connectivity index (χ3n) is 2.32. The molecule has 0 saturated heterocycles. The van der Waals surface area contributed by atoms with Crippen LogP contribution in [0.25, 0.3) is 0 Å². The van der Waals surface area contributed by atoms with Gasteiger partial charge in [-0.1, -0.05) is 12.1 Å². The van der Waals surface area contributed by atoms with Crippen molar-refractivity contribution in [2.45, 2.75) is 6.42 Å². The van der Waals surface area contributed by atoms with Crippen molar-refractivity contribution < 1.29 is 4.79 Å². The fourth-order valence-electron chi connectivity index (χ4n) is 1.43. The van der Waals surface area contributed by atoms with Gasteiger partial charge in [0.05, 0.1) is 20.9 Å². The molecular weight excluding hydrogens is 359 g/mol. The number of hydrogen-bond acceptors (Lipinski definition) is 3. The number of thiophene rings is 1. The second-order valence-corrected chi connectivity index (χ2v) is 6.43. The van der Waals surface area contributed by atoms with E-state index < -0.39 is 0 Å². The summed E-state index contributed by atoms with van der Waals surface area (Å²) in [6.07, 6.45) is 0.386. The van der Waals surface area contributed by atoms with Crippen LogP contribution in [0.4, 0.5) is 5.69 Å². The first-order valence-electron chi connectivity index (χ1n) is 5.20. The number of amides is 1. The van der Waals surface area contributed by atoms with Crippen molar-refractivity contribution in [3.05, 3.63) is 49.7 Å². The van der Waals surface area contributed by atoms with Crippen molar-refractivity contribution in [3.8, 4) is 6.07 Å². The molecule has 2 aromatic rings. The fourth-order valence-corrected chi connectivity index (χ4v) is 2.76. The summed E-state index contributed by atoms with van der Waals surface area (Å²) in [6.45, 7) is 0. The predicted molar refractivity (Wildman–Crippen MR) is 80.7 cm³/mol. The number of nitrogens with zero attached hydrogens (tertiary/aromatic N) is 1. The van der Waals surface area contributed by atoms with Crippen molar-refractivity contribution in [1.29, 1.82) is 5.26 Å². The van der Waals surface area contributed by atoms with Gasteiger partial charge in [-0.25, -0.2) is 0 Å². The van der Waals surface area contributed by atoms with Gasteiger partial charge in [0.15, 0.2) is 0 Å². The first-order chi connectivity index (χ1) is 8.69. The summed E-state index contributed by atoms with van der Waals surface area (Å²) in [7, 11) is 0. The maximum absolute atomic E-state index is 11.9. The average molecular weight is 368 g/mol. The van der Waals surface area contributed by atoms with Crippen molar-refractivity contribution in [1.82, 2.24) is 0 Å². The Kier molecular flexibility index (Phi) is 4.33. The topological polar surface area (TPSA) is 52.9 Å². The molecule has 1 aromatic carbocycles. The van der Waals surface area contributed by atoms with Crippen LogP contribution in [0.5, 0.6) is 0 Å². The Balaban J connectivity index is 2.05. The number of nitriles is 1. The number of hydrogen-bond donors (Lipinski definition) is 1. The van der Waals surface area contributed by atoms with Gasteiger partial charge in [-0.15, -0.1) is 11.3 Å². The average Bonchev–Trinajstić information content (AvgIpc) is 2.79. The summed E-state index contributed by atoms with van der Waals surface area (Å²) in [4.78, 5) is 11.9. The smallest absolute Gasteiger partial charge is 0.256 e. The van der Waals surface area contributed by atoms with Crippen molar-refractivity contribution in [2.75, 3.05) is 5.32 Å². The lowest BCUT2D eigenvalue weighted by Gasteiger charge is -2.04. The van der Waals surface area contributed by atoms with Crippen LogP contribution in [-0.4, -0.2) is 5.91 Å². The minimum absolute atomic E-state index is 0.109. The lowest BCUT2D eigenvalue weighted by molar-refractivity contribution is 0.102. The van der Waals surface area contributed by atoms with Crippen LogP contribution in [0.3, 0.4) is 0 Å². The number of rotatable bonds is 3. The summed E-state index contributed by atoms with van der Waals surface area (Å²) in [5.41, 5.74) is 2.36. The van der Waals surface area contributed by atoms with Gasteiger partial charge in [-0.05, 0) is 46.4 Å². The third-order valence-corrected chi connectivity index (χ3v) is 4.11. The van der Waals surface area contributed by atoms with Gasteiger partial charge in [0.2, 0.25) is 0 Å². The Morgan fingerprint density at radius 3 is 2.67 bits per heavy atom. The number of nitrogens with one attached hydrogen (secondary N) is 1. The second-order valence-electron chi connectivity index (χ2n) is 3.63. The van der Waals surface area contributed by atoms with Crippen molar-refractivity contribution in [2.24, 2.45) is 0 Å². The van der Waals surface area contributed by atoms with Gasteiger partial charge in [-0.3, -0.25) is 4.79 Å². The number of carbonyl (C=O) groups is 1. The first-order valence-corrected chi connectivity index (χ1v) is 7.16. The van der Waals surface area contributed by atoms with Crippen molar-refractivity contribution in [3.63, 3.8) is 0 Å². The maximum Gasteiger partial charge on any atom is 0.256 e. The van der Waals surface area contributed by atoms with E-state index in [1.807, 2.05) is 35.7 Å². The van der Waals surface area contributed by atoms with Crippen LogP contribution in [0.2, 0.25) is 0 Å². The van der Waals surface area contributed by atoms with Crippen molar-refractivity contribution >= 4 is 45.5 Å². The third kappa shape index (κ3) is 3.31. The summed E-state index contributed by atoms with van der Waals surface area (Å²) in [5.74, 6) is -0.109. The van der Waals surface area contributed by atoms with E-state index in [0.717, 1.165) is 14.1 Å². The van der Waals surface area contributed by atoms with E-state index in [0.29, 0.717) is 12.0 Å². The highest BCUT2D eigenvalue weighted by atomic mass is 127. The Hall–Kier alpha value is -1.39. The summed E-state index contributed by atoms with van der Waals surface area (Å²) < 4.78 is 1.09. The molecule has 0 aliphatic carbocycles. The molecule has 0 radical (unpaired) electrons. The monoisotopic (exact) mass is 368 g/mol. The molecular formula is C13H9IN2OS. The molecule has 0 saturated carbocycles. The van der Waals surface area contributed by atoms with Gasteiger partial charge in [-0.2, -0.15) is 5.26 Å². The van der Waals surface area contributed by atoms with E-state index in [-0.39, 0.29) is 5.91 Å². The van der Waals surface area contributed by atoms with E-state index >= 15 is 0 Å². The lowest BCUT2D eigenvalue weighted by atomic mass is 10.1. The minimum Gasteiger partial charge on any atom is -0.322 e. The normalized spacial score (nSPS) is 9.78. The van der Waals surface area contributed by atoms with Gasteiger partial charge in [0.25, 0.3) is 5.91 Å². The molecule has 0 spiro atoms. The Labute approximate surface area is 123 Å². The highest BCUT2D eigenvalue weighted by Crippen LogP contribution is 2.18. The molecule has 1 aromatic heterocycles. The molecule has 18 heavy (non-hydrogen) atoms. The molecule has 0 fully saturated rings. The van der Waals surface area contributed by atoms with E-state index in [1.54, 1.807) is 11.3 Å². The number of anilines is 1. The van der Waals surface area contributed by atoms with Crippen LogP contribution in [0.15, 0.2) is 35.7 Å². The zero-order chi connectivity index (χ0) is 13.0. The van der Waals surface area contributed by atoms with Gasteiger partial charge in [0, 0.05) is 11.1 Å². The quantitative estimate of drug-likeness (QED) is 0.841. The Bertz CT molecular complexity index is 598. The summed E-state index contributed by atoms with van der Waals surface area (Å²) in [5, 5.41) is 13.2. The standard InChI is InChI=1S/C13H9IN2OS/c14-12-7-10(8-18-12)13(17)16-11-3-1-9(2-4-11)5-6-15/h1-4,7-8H,5H2,(H,16,17). The molecule has 5 heteroatoms. The van der Waals surface area contributed by atoms with E-state index in [9.17, 15) is 4.79 Å². The highest BCUT2D eigenvalue weighted by Gasteiger charge is 2.07. The molecule has 2 rings (SSSR count). The molecule has 3 nitrogen and oxygen atoms in total. The van der Waals surface area contributed by atoms with E-state index in [1.165, 1.54) is 0 Å². The predicted octanol–water partition coefficient (Wildman–Crippen LogP) is 3.67. The van der Waals surface area contributed by atoms with E-state index in [4.69, 9.17) is 5.26 Å². The molecule has 0 bridgehead atoms. The molecule has 0 aliphatic heterocycles. The SMILES string of the molecule is N#CCc1ccc(NC(=O)c2csc(I)c2)cc1. The fraction of sp³-hybridized carbons (Fsp3) is 0.0769. The van der Waals surface area contributed by atoms with Crippen LogP contribution in [0, 0.1) is 14.2 Å². The van der Waals surface area contributed by atoms with Crippen LogP contribution < -0.4 is 5.32 Å². The zero-order valence-corrected chi connectivity index (χ0v) is 12.3. The minimum atomic E-state index is -0.109. The Morgan fingerprint density at radius 1 is 1.39 bits per heavy atom. The molecule has 1 amide bonds.